The number of fused-ring (bicyclic) bond motifs is 1. The van der Waals surface area contributed by atoms with Crippen molar-refractivity contribution in [2.24, 2.45) is 18.4 Å². The number of carbonyl (C=O) groups is 2. The van der Waals surface area contributed by atoms with Gasteiger partial charge in [0.05, 0.1) is 19.0 Å². The fourth-order valence-electron chi connectivity index (χ4n) is 3.37. The Morgan fingerprint density at radius 1 is 1.38 bits per heavy atom. The fraction of sp³-hybridized carbons (Fsp3) is 0.556. The van der Waals surface area contributed by atoms with Gasteiger partial charge in [-0.1, -0.05) is 25.9 Å². The van der Waals surface area contributed by atoms with Crippen LogP contribution in [0.3, 0.4) is 0 Å². The third kappa shape index (κ3) is 3.23. The van der Waals surface area contributed by atoms with Gasteiger partial charge in [-0.15, -0.1) is 0 Å². The van der Waals surface area contributed by atoms with Crippen LogP contribution in [-0.2, 0) is 24.6 Å². The summed E-state index contributed by atoms with van der Waals surface area (Å²) in [7, 11) is 2.88. The Morgan fingerprint density at radius 2 is 2.12 bits per heavy atom. The summed E-state index contributed by atoms with van der Waals surface area (Å²) in [6.07, 6.45) is 3.95. The Bertz CT molecular complexity index is 844. The smallest absolute Gasteiger partial charge is 0.358 e. The topological polar surface area (TPSA) is 99.2 Å². The summed E-state index contributed by atoms with van der Waals surface area (Å²) in [6, 6.07) is 0. The molecule has 0 fully saturated rings. The number of anilines is 1. The zero-order valence-electron chi connectivity index (χ0n) is 15.8. The number of nitrogens with one attached hydrogen (secondary N) is 1. The molecule has 1 N–H and O–H groups in total. The highest BCUT2D eigenvalue weighted by molar-refractivity contribution is 6.07. The maximum Gasteiger partial charge on any atom is 0.358 e. The average molecular weight is 360 g/mol. The number of hydrogen-bond acceptors (Lipinski definition) is 6. The number of esters is 1. The summed E-state index contributed by atoms with van der Waals surface area (Å²) in [5.41, 5.74) is 1.73. The molecule has 140 valence electrons. The van der Waals surface area contributed by atoms with Gasteiger partial charge < -0.3 is 14.6 Å². The highest BCUT2D eigenvalue weighted by Crippen LogP contribution is 2.38. The summed E-state index contributed by atoms with van der Waals surface area (Å²) in [5.74, 6) is 0.234. The van der Waals surface area contributed by atoms with Gasteiger partial charge in [0.1, 0.15) is 5.76 Å². The second-order valence-electron chi connectivity index (χ2n) is 7.71. The van der Waals surface area contributed by atoms with E-state index in [2.05, 4.69) is 36.3 Å². The van der Waals surface area contributed by atoms with Crippen LogP contribution in [0.2, 0.25) is 0 Å². The number of hydrogen-bond donors (Lipinski definition) is 1. The van der Waals surface area contributed by atoms with Gasteiger partial charge in [-0.05, 0) is 24.2 Å². The third-order valence-corrected chi connectivity index (χ3v) is 5.05. The van der Waals surface area contributed by atoms with Gasteiger partial charge in [-0.2, -0.15) is 5.10 Å². The highest BCUT2D eigenvalue weighted by Gasteiger charge is 2.34. The molecule has 0 aliphatic heterocycles. The molecule has 8 heteroatoms. The Balaban J connectivity index is 1.85. The van der Waals surface area contributed by atoms with Crippen molar-refractivity contribution < 1.29 is 18.8 Å². The number of amides is 1. The van der Waals surface area contributed by atoms with Gasteiger partial charge in [0, 0.05) is 19.0 Å². The van der Waals surface area contributed by atoms with Gasteiger partial charge in [-0.25, -0.2) is 4.79 Å². The summed E-state index contributed by atoms with van der Waals surface area (Å²) in [4.78, 5) is 24.7. The van der Waals surface area contributed by atoms with Crippen molar-refractivity contribution in [3.63, 3.8) is 0 Å². The lowest BCUT2D eigenvalue weighted by molar-refractivity contribution is 0.0589. The molecule has 0 radical (unpaired) electrons. The van der Waals surface area contributed by atoms with E-state index < -0.39 is 11.9 Å². The first kappa shape index (κ1) is 18.2. The number of ether oxygens (including phenoxy) is 1. The van der Waals surface area contributed by atoms with Gasteiger partial charge in [0.25, 0.3) is 5.91 Å². The molecular formula is C18H24N4O4. The second-order valence-corrected chi connectivity index (χ2v) is 7.71. The second kappa shape index (κ2) is 6.59. The lowest BCUT2D eigenvalue weighted by Gasteiger charge is -2.33. The fourth-order valence-corrected chi connectivity index (χ4v) is 3.37. The van der Waals surface area contributed by atoms with E-state index in [9.17, 15) is 9.59 Å². The van der Waals surface area contributed by atoms with E-state index in [1.807, 2.05) is 0 Å². The monoisotopic (exact) mass is 360 g/mol. The number of aromatic nitrogens is 3. The van der Waals surface area contributed by atoms with Crippen LogP contribution in [0.5, 0.6) is 0 Å². The summed E-state index contributed by atoms with van der Waals surface area (Å²) < 4.78 is 11.5. The summed E-state index contributed by atoms with van der Waals surface area (Å²) in [5, 5.41) is 10.7. The quantitative estimate of drug-likeness (QED) is 0.845. The zero-order chi connectivity index (χ0) is 19.1. The third-order valence-electron chi connectivity index (χ3n) is 5.05. The molecule has 1 unspecified atom stereocenters. The molecule has 2 aromatic heterocycles. The van der Waals surface area contributed by atoms with Crippen LogP contribution in [0, 0.1) is 11.3 Å². The van der Waals surface area contributed by atoms with Crippen LogP contribution in [0.25, 0.3) is 0 Å². The molecule has 0 saturated heterocycles. The molecule has 1 aliphatic rings. The van der Waals surface area contributed by atoms with Crippen molar-refractivity contribution in [1.29, 1.82) is 0 Å². The summed E-state index contributed by atoms with van der Waals surface area (Å²) >= 11 is 0. The Hall–Kier alpha value is -2.64. The van der Waals surface area contributed by atoms with Crippen LogP contribution < -0.4 is 5.32 Å². The van der Waals surface area contributed by atoms with Crippen molar-refractivity contribution in [1.82, 2.24) is 14.9 Å². The Morgan fingerprint density at radius 3 is 2.77 bits per heavy atom. The van der Waals surface area contributed by atoms with Crippen LogP contribution in [0.4, 0.5) is 5.69 Å². The molecule has 2 heterocycles. The maximum atomic E-state index is 12.8. The molecule has 1 atom stereocenters. The van der Waals surface area contributed by atoms with E-state index >= 15 is 0 Å². The van der Waals surface area contributed by atoms with E-state index in [1.165, 1.54) is 18.0 Å². The summed E-state index contributed by atoms with van der Waals surface area (Å²) in [6.45, 7) is 6.61. The average Bonchev–Trinajstić information content (AvgIpc) is 3.16. The molecule has 3 rings (SSSR count). The molecule has 0 spiro atoms. The number of nitrogens with zero attached hydrogens (tertiary/aromatic N) is 3. The van der Waals surface area contributed by atoms with E-state index in [-0.39, 0.29) is 22.5 Å². The van der Waals surface area contributed by atoms with Gasteiger partial charge >= 0.3 is 5.97 Å². The first-order chi connectivity index (χ1) is 12.2. The van der Waals surface area contributed by atoms with E-state index in [1.54, 1.807) is 7.05 Å². The number of aryl methyl sites for hydroxylation is 2. The van der Waals surface area contributed by atoms with Crippen molar-refractivity contribution in [3.8, 4) is 0 Å². The van der Waals surface area contributed by atoms with E-state index in [0.29, 0.717) is 5.92 Å². The van der Waals surface area contributed by atoms with Gasteiger partial charge in [0.15, 0.2) is 11.4 Å². The molecule has 8 nitrogen and oxygen atoms in total. The van der Waals surface area contributed by atoms with Crippen LogP contribution in [0.15, 0.2) is 10.7 Å². The molecule has 26 heavy (non-hydrogen) atoms. The lowest BCUT2D eigenvalue weighted by Crippen LogP contribution is -2.28. The Kier molecular flexibility index (Phi) is 4.60. The SMILES string of the molecule is COC(=O)c1c(NC(=O)c2noc3c2CC(C(C)(C)C)CC3)cnn1C. The van der Waals surface area contributed by atoms with Crippen LogP contribution in [-0.4, -0.2) is 33.9 Å². The minimum atomic E-state index is -0.574. The van der Waals surface area contributed by atoms with Crippen molar-refractivity contribution in [2.75, 3.05) is 12.4 Å². The van der Waals surface area contributed by atoms with Crippen LogP contribution in [0.1, 0.15) is 59.5 Å². The zero-order valence-corrected chi connectivity index (χ0v) is 15.8. The number of carbonyl (C=O) groups excluding carboxylic acids is 2. The van der Waals surface area contributed by atoms with Gasteiger partial charge in [-0.3, -0.25) is 9.48 Å². The molecule has 1 aliphatic carbocycles. The largest absolute Gasteiger partial charge is 0.464 e. The predicted octanol–water partition coefficient (Wildman–Crippen LogP) is 2.60. The van der Waals surface area contributed by atoms with Crippen molar-refractivity contribution in [3.05, 3.63) is 28.9 Å². The maximum absolute atomic E-state index is 12.8. The molecule has 0 aromatic carbocycles. The predicted molar refractivity (Wildman–Crippen MR) is 94.0 cm³/mol. The molecule has 2 aromatic rings. The normalized spacial score (nSPS) is 16.9. The standard InChI is InChI=1S/C18H24N4O4/c1-18(2,3)10-6-7-13-11(8-10)14(21-26-13)16(23)20-12-9-19-22(4)15(12)17(24)25-5/h9-10H,6-8H2,1-5H3,(H,20,23). The first-order valence-electron chi connectivity index (χ1n) is 8.61. The number of rotatable bonds is 3. The molecule has 0 saturated carbocycles. The van der Waals surface area contributed by atoms with E-state index in [4.69, 9.17) is 9.26 Å². The van der Waals surface area contributed by atoms with Crippen molar-refractivity contribution >= 4 is 17.6 Å². The minimum absolute atomic E-state index is 0.143. The minimum Gasteiger partial charge on any atom is -0.464 e. The van der Waals surface area contributed by atoms with Crippen LogP contribution >= 0.6 is 0 Å². The molecule has 0 bridgehead atoms. The molecular weight excluding hydrogens is 336 g/mol. The highest BCUT2D eigenvalue weighted by atomic mass is 16.5. The lowest BCUT2D eigenvalue weighted by atomic mass is 9.71. The van der Waals surface area contributed by atoms with Gasteiger partial charge in [0.2, 0.25) is 0 Å². The first-order valence-corrected chi connectivity index (χ1v) is 8.61. The van der Waals surface area contributed by atoms with Crippen molar-refractivity contribution in [2.45, 2.75) is 40.0 Å². The number of methoxy groups -OCH3 is 1. The molecule has 1 amide bonds. The Labute approximate surface area is 151 Å². The van der Waals surface area contributed by atoms with E-state index in [0.717, 1.165) is 30.6 Å².